The molecule has 2 aliphatic heterocycles. The van der Waals surface area contributed by atoms with E-state index in [4.69, 9.17) is 15.6 Å². The van der Waals surface area contributed by atoms with Gasteiger partial charge in [-0.1, -0.05) is 12.1 Å². The lowest BCUT2D eigenvalue weighted by Crippen LogP contribution is -2.41. The summed E-state index contributed by atoms with van der Waals surface area (Å²) in [5, 5.41) is 14.9. The first-order valence-corrected chi connectivity index (χ1v) is 14.7. The molecule has 232 valence electrons. The summed E-state index contributed by atoms with van der Waals surface area (Å²) >= 11 is 0. The number of carbonyl (C=O) groups excluding carboxylic acids is 1. The second kappa shape index (κ2) is 12.6. The summed E-state index contributed by atoms with van der Waals surface area (Å²) < 4.78 is 50.3. The molecule has 6 rings (SSSR count). The van der Waals surface area contributed by atoms with E-state index in [1.54, 1.807) is 9.58 Å². The van der Waals surface area contributed by atoms with Crippen molar-refractivity contribution in [2.24, 2.45) is 5.92 Å². The molecular weight excluding hydrogens is 585 g/mol. The van der Waals surface area contributed by atoms with Gasteiger partial charge in [0.2, 0.25) is 5.82 Å². The summed E-state index contributed by atoms with van der Waals surface area (Å²) in [7, 11) is 2.06. The molecule has 2 aromatic heterocycles. The van der Waals surface area contributed by atoms with Gasteiger partial charge in [0.05, 0.1) is 11.4 Å². The normalized spacial score (nSPS) is 18.2. The SMILES string of the molecule is CN1CCC(/C=C(/C#N)C(=O)N2CCC[C@@H](n3nc(-c4ccc(Oc5cccc(F)c5F)cc4F)c4c(N)ncnc43)C2)CC1. The van der Waals surface area contributed by atoms with Crippen molar-refractivity contribution in [2.45, 2.75) is 31.7 Å². The largest absolute Gasteiger partial charge is 0.454 e. The zero-order valence-corrected chi connectivity index (χ0v) is 24.6. The van der Waals surface area contributed by atoms with Crippen LogP contribution in [-0.4, -0.2) is 68.7 Å². The molecule has 2 aliphatic rings. The van der Waals surface area contributed by atoms with Gasteiger partial charge in [-0.3, -0.25) is 4.79 Å². The Labute approximate surface area is 257 Å². The Morgan fingerprint density at radius 2 is 1.89 bits per heavy atom. The Bertz CT molecular complexity index is 1830. The maximum Gasteiger partial charge on any atom is 0.264 e. The van der Waals surface area contributed by atoms with E-state index in [2.05, 4.69) is 28.0 Å². The third kappa shape index (κ3) is 6.06. The number of ether oxygens (including phenoxy) is 1. The summed E-state index contributed by atoms with van der Waals surface area (Å²) in [4.78, 5) is 25.9. The molecule has 0 aliphatic carbocycles. The number of piperidine rings is 2. The lowest BCUT2D eigenvalue weighted by Gasteiger charge is -2.33. The van der Waals surface area contributed by atoms with Gasteiger partial charge in [0.1, 0.15) is 41.0 Å². The second-order valence-electron chi connectivity index (χ2n) is 11.4. The molecule has 2 saturated heterocycles. The number of halogens is 3. The smallest absolute Gasteiger partial charge is 0.264 e. The molecule has 0 saturated carbocycles. The number of nitrogen functional groups attached to an aromatic ring is 1. The number of anilines is 1. The molecule has 2 fully saturated rings. The number of nitrogens with zero attached hydrogens (tertiary/aromatic N) is 7. The minimum Gasteiger partial charge on any atom is -0.454 e. The Kier molecular flexibility index (Phi) is 8.40. The first kappa shape index (κ1) is 30.1. The Morgan fingerprint density at radius 3 is 2.64 bits per heavy atom. The van der Waals surface area contributed by atoms with Crippen LogP contribution in [0.3, 0.4) is 0 Å². The maximum absolute atomic E-state index is 15.6. The number of hydrogen-bond donors (Lipinski definition) is 1. The highest BCUT2D eigenvalue weighted by atomic mass is 19.2. The minimum atomic E-state index is -1.18. The molecule has 2 aromatic carbocycles. The molecule has 0 bridgehead atoms. The van der Waals surface area contributed by atoms with Gasteiger partial charge in [0.25, 0.3) is 5.91 Å². The van der Waals surface area contributed by atoms with Gasteiger partial charge in [0.15, 0.2) is 17.2 Å². The van der Waals surface area contributed by atoms with Gasteiger partial charge in [-0.25, -0.2) is 23.4 Å². The summed E-state index contributed by atoms with van der Waals surface area (Å²) in [5.74, 6) is -3.48. The predicted molar refractivity (Wildman–Crippen MR) is 160 cm³/mol. The standard InChI is InChI=1S/C32H31F3N8O2/c1-41-12-9-19(10-13-41)14-20(16-36)32(44)42-11-3-4-21(17-42)43-31-27(30(37)38-18-39-31)29(40-43)23-8-7-22(15-25(23)34)45-26-6-2-5-24(33)28(26)35/h2,5-8,14-15,18-19,21H,3-4,9-13,17H2,1H3,(H2,37,38,39)/b20-14-/t21-/m1/s1. The summed E-state index contributed by atoms with van der Waals surface area (Å²) in [6.07, 6.45) is 6.23. The van der Waals surface area contributed by atoms with Gasteiger partial charge >= 0.3 is 0 Å². The van der Waals surface area contributed by atoms with Crippen molar-refractivity contribution in [3.05, 3.63) is 71.8 Å². The number of amides is 1. The van der Waals surface area contributed by atoms with Crippen LogP contribution in [0.2, 0.25) is 0 Å². The zero-order valence-electron chi connectivity index (χ0n) is 24.6. The van der Waals surface area contributed by atoms with E-state index in [0.717, 1.165) is 38.1 Å². The monoisotopic (exact) mass is 616 g/mol. The van der Waals surface area contributed by atoms with E-state index in [0.29, 0.717) is 30.4 Å². The van der Waals surface area contributed by atoms with Crippen molar-refractivity contribution >= 4 is 22.8 Å². The molecule has 0 spiro atoms. The van der Waals surface area contributed by atoms with Crippen molar-refractivity contribution < 1.29 is 22.7 Å². The molecule has 0 radical (unpaired) electrons. The highest BCUT2D eigenvalue weighted by Gasteiger charge is 2.31. The molecule has 45 heavy (non-hydrogen) atoms. The second-order valence-corrected chi connectivity index (χ2v) is 11.4. The molecular formula is C32H31F3N8O2. The van der Waals surface area contributed by atoms with Crippen LogP contribution in [0.25, 0.3) is 22.3 Å². The third-order valence-electron chi connectivity index (χ3n) is 8.40. The van der Waals surface area contributed by atoms with Crippen molar-refractivity contribution in [1.29, 1.82) is 5.26 Å². The van der Waals surface area contributed by atoms with Crippen LogP contribution < -0.4 is 10.5 Å². The van der Waals surface area contributed by atoms with E-state index in [1.165, 1.54) is 30.6 Å². The van der Waals surface area contributed by atoms with Crippen molar-refractivity contribution in [3.63, 3.8) is 0 Å². The number of fused-ring (bicyclic) bond motifs is 1. The van der Waals surface area contributed by atoms with Gasteiger partial charge in [-0.15, -0.1) is 0 Å². The highest BCUT2D eigenvalue weighted by Crippen LogP contribution is 2.37. The quantitative estimate of drug-likeness (QED) is 0.230. The van der Waals surface area contributed by atoms with Crippen LogP contribution in [-0.2, 0) is 4.79 Å². The zero-order chi connectivity index (χ0) is 31.7. The summed E-state index contributed by atoms with van der Waals surface area (Å²) in [6, 6.07) is 9.13. The first-order valence-electron chi connectivity index (χ1n) is 14.7. The van der Waals surface area contributed by atoms with E-state index < -0.39 is 17.5 Å². The topological polar surface area (TPSA) is 126 Å². The molecule has 1 amide bonds. The Balaban J connectivity index is 1.28. The summed E-state index contributed by atoms with van der Waals surface area (Å²) in [6.45, 7) is 2.61. The molecule has 2 N–H and O–H groups in total. The number of likely N-dealkylation sites (tertiary alicyclic amines) is 2. The molecule has 1 atom stereocenters. The predicted octanol–water partition coefficient (Wildman–Crippen LogP) is 5.24. The minimum absolute atomic E-state index is 0.0447. The molecule has 0 unspecified atom stereocenters. The van der Waals surface area contributed by atoms with E-state index in [-0.39, 0.29) is 58.6 Å². The van der Waals surface area contributed by atoms with Crippen LogP contribution >= 0.6 is 0 Å². The first-order chi connectivity index (χ1) is 21.7. The molecule has 4 aromatic rings. The van der Waals surface area contributed by atoms with Crippen molar-refractivity contribution in [1.82, 2.24) is 29.5 Å². The lowest BCUT2D eigenvalue weighted by atomic mass is 9.94. The number of allylic oxidation sites excluding steroid dienone is 1. The average molecular weight is 617 g/mol. The van der Waals surface area contributed by atoms with Crippen LogP contribution in [0.1, 0.15) is 31.7 Å². The van der Waals surface area contributed by atoms with Gasteiger partial charge in [-0.05, 0) is 76.0 Å². The van der Waals surface area contributed by atoms with Crippen LogP contribution in [0.4, 0.5) is 19.0 Å². The van der Waals surface area contributed by atoms with Crippen molar-refractivity contribution in [3.8, 4) is 28.8 Å². The third-order valence-corrected chi connectivity index (χ3v) is 8.40. The van der Waals surface area contributed by atoms with Crippen molar-refractivity contribution in [2.75, 3.05) is 39.0 Å². The van der Waals surface area contributed by atoms with Gasteiger partial charge in [0, 0.05) is 24.7 Å². The van der Waals surface area contributed by atoms with Crippen LogP contribution in [0, 0.1) is 34.7 Å². The van der Waals surface area contributed by atoms with Gasteiger partial charge in [-0.2, -0.15) is 14.8 Å². The lowest BCUT2D eigenvalue weighted by molar-refractivity contribution is -0.128. The number of benzene rings is 2. The fraction of sp³-hybridized carbons (Fsp3) is 0.344. The molecule has 4 heterocycles. The fourth-order valence-electron chi connectivity index (χ4n) is 5.98. The van der Waals surface area contributed by atoms with E-state index in [1.807, 2.05) is 6.08 Å². The number of rotatable bonds is 6. The van der Waals surface area contributed by atoms with Crippen LogP contribution in [0.15, 0.2) is 54.4 Å². The molecule has 13 heteroatoms. The highest BCUT2D eigenvalue weighted by molar-refractivity contribution is 5.99. The number of aromatic nitrogens is 4. The van der Waals surface area contributed by atoms with E-state index >= 15 is 4.39 Å². The van der Waals surface area contributed by atoms with Crippen LogP contribution in [0.5, 0.6) is 11.5 Å². The Morgan fingerprint density at radius 1 is 1.09 bits per heavy atom. The number of hydrogen-bond acceptors (Lipinski definition) is 8. The number of carbonyl (C=O) groups is 1. The maximum atomic E-state index is 15.6. The van der Waals surface area contributed by atoms with Gasteiger partial charge < -0.3 is 20.3 Å². The van der Waals surface area contributed by atoms with E-state index in [9.17, 15) is 18.8 Å². The fourth-order valence-corrected chi connectivity index (χ4v) is 5.98. The molecule has 10 nitrogen and oxygen atoms in total. The average Bonchev–Trinajstić information content (AvgIpc) is 3.43. The number of nitriles is 1. The summed E-state index contributed by atoms with van der Waals surface area (Å²) in [5.41, 5.74) is 7.02. The Hall–Kier alpha value is -4.96. The number of nitrogens with two attached hydrogens (primary N) is 1.